The van der Waals surface area contributed by atoms with E-state index in [9.17, 15) is 4.39 Å². The van der Waals surface area contributed by atoms with Gasteiger partial charge in [0, 0.05) is 0 Å². The maximum absolute atomic E-state index is 13.0. The van der Waals surface area contributed by atoms with Crippen molar-refractivity contribution < 1.29 is 4.39 Å². The molecule has 2 fully saturated rings. The largest absolute Gasteiger partial charge is 0.196 e. The van der Waals surface area contributed by atoms with Crippen LogP contribution in [0.3, 0.4) is 0 Å². The lowest BCUT2D eigenvalue weighted by atomic mass is 9.75. The van der Waals surface area contributed by atoms with Gasteiger partial charge in [0.05, 0.1) is 0 Å². The first-order valence-corrected chi connectivity index (χ1v) is 10.5. The molecule has 0 saturated heterocycles. The zero-order valence-corrected chi connectivity index (χ0v) is 15.6. The minimum atomic E-state index is -0.589. The lowest BCUT2D eigenvalue weighted by Gasteiger charge is -2.31. The van der Waals surface area contributed by atoms with E-state index < -0.39 is 5.83 Å². The molecule has 0 amide bonds. The number of allylic oxidation sites excluding steroid dienone is 2. The molecule has 0 aliphatic heterocycles. The highest BCUT2D eigenvalue weighted by atomic mass is 19.1. The molecular formula is C22H36FN. The summed E-state index contributed by atoms with van der Waals surface area (Å²) in [4.78, 5) is 0. The summed E-state index contributed by atoms with van der Waals surface area (Å²) in [6.45, 7) is 2.29. The van der Waals surface area contributed by atoms with Crippen LogP contribution in [0.4, 0.5) is 4.39 Å². The number of nitriles is 1. The Morgan fingerprint density at radius 1 is 0.875 bits per heavy atom. The van der Waals surface area contributed by atoms with Crippen LogP contribution in [0.1, 0.15) is 96.8 Å². The second-order valence-electron chi connectivity index (χ2n) is 8.37. The average molecular weight is 334 g/mol. The Labute approximate surface area is 148 Å². The van der Waals surface area contributed by atoms with E-state index in [1.165, 1.54) is 77.0 Å². The fourth-order valence-corrected chi connectivity index (χ4v) is 4.85. The fraction of sp³-hybridized carbons (Fsp3) is 0.864. The molecule has 0 aromatic carbocycles. The lowest BCUT2D eigenvalue weighted by Crippen LogP contribution is -2.18. The van der Waals surface area contributed by atoms with Crippen molar-refractivity contribution in [3.05, 3.63) is 11.9 Å². The number of hydrogen-bond acceptors (Lipinski definition) is 1. The van der Waals surface area contributed by atoms with Crippen molar-refractivity contribution in [2.24, 2.45) is 23.7 Å². The normalized spacial score (nSPS) is 31.6. The van der Waals surface area contributed by atoms with Gasteiger partial charge >= 0.3 is 0 Å². The third kappa shape index (κ3) is 6.96. The molecule has 0 N–H and O–H groups in total. The molecule has 0 bridgehead atoms. The van der Waals surface area contributed by atoms with Gasteiger partial charge in [0.15, 0.2) is 5.83 Å². The van der Waals surface area contributed by atoms with Crippen LogP contribution < -0.4 is 0 Å². The number of hydrogen-bond donors (Lipinski definition) is 0. The highest BCUT2D eigenvalue weighted by Gasteiger charge is 2.24. The van der Waals surface area contributed by atoms with Crippen LogP contribution in [-0.2, 0) is 0 Å². The molecule has 0 unspecified atom stereocenters. The predicted molar refractivity (Wildman–Crippen MR) is 99.1 cm³/mol. The van der Waals surface area contributed by atoms with Gasteiger partial charge in [0.1, 0.15) is 6.07 Å². The first-order chi connectivity index (χ1) is 11.7. The molecule has 2 rings (SSSR count). The summed E-state index contributed by atoms with van der Waals surface area (Å²) in [7, 11) is 0. The van der Waals surface area contributed by atoms with Gasteiger partial charge in [-0.3, -0.25) is 0 Å². The highest BCUT2D eigenvalue weighted by molar-refractivity contribution is 5.13. The maximum Gasteiger partial charge on any atom is 0.196 e. The second kappa shape index (κ2) is 10.9. The van der Waals surface area contributed by atoms with Gasteiger partial charge in [-0.2, -0.15) is 9.65 Å². The molecule has 0 atom stereocenters. The molecule has 1 nitrogen and oxygen atoms in total. The average Bonchev–Trinajstić information content (AvgIpc) is 2.62. The molecule has 2 heteroatoms. The van der Waals surface area contributed by atoms with E-state index in [1.807, 2.05) is 0 Å². The lowest BCUT2D eigenvalue weighted by molar-refractivity contribution is 0.219. The highest BCUT2D eigenvalue weighted by Crippen LogP contribution is 2.38. The zero-order valence-electron chi connectivity index (χ0n) is 15.6. The van der Waals surface area contributed by atoms with E-state index in [4.69, 9.17) is 5.26 Å². The van der Waals surface area contributed by atoms with E-state index in [0.29, 0.717) is 5.92 Å². The Bertz CT molecular complexity index is 406. The van der Waals surface area contributed by atoms with Crippen molar-refractivity contribution >= 4 is 0 Å². The standard InChI is InChI=1S/C22H36FN/c1-2-3-4-5-18-6-8-19(9-7-18)10-11-20-12-14-21(15-13-20)16-22(23)17-24/h16,18-21H,2-15H2,1H3/b22-16+. The van der Waals surface area contributed by atoms with Crippen molar-refractivity contribution in [2.45, 2.75) is 96.8 Å². The van der Waals surface area contributed by atoms with Gasteiger partial charge in [0.25, 0.3) is 0 Å². The third-order valence-corrected chi connectivity index (χ3v) is 6.55. The van der Waals surface area contributed by atoms with Crippen molar-refractivity contribution in [3.63, 3.8) is 0 Å². The Balaban J connectivity index is 1.56. The van der Waals surface area contributed by atoms with Gasteiger partial charge < -0.3 is 0 Å². The summed E-state index contributed by atoms with van der Waals surface area (Å²) in [5.74, 6) is 2.56. The van der Waals surface area contributed by atoms with Gasteiger partial charge in [-0.15, -0.1) is 0 Å². The topological polar surface area (TPSA) is 23.8 Å². The van der Waals surface area contributed by atoms with Crippen LogP contribution in [0.2, 0.25) is 0 Å². The minimum absolute atomic E-state index is 0.305. The van der Waals surface area contributed by atoms with Gasteiger partial charge in [-0.05, 0) is 55.4 Å². The molecular weight excluding hydrogens is 297 g/mol. The van der Waals surface area contributed by atoms with Crippen LogP contribution >= 0.6 is 0 Å². The Kier molecular flexibility index (Phi) is 8.86. The van der Waals surface area contributed by atoms with Crippen LogP contribution in [0.15, 0.2) is 11.9 Å². The van der Waals surface area contributed by atoms with E-state index in [0.717, 1.165) is 30.6 Å². The fourth-order valence-electron chi connectivity index (χ4n) is 4.85. The van der Waals surface area contributed by atoms with Crippen molar-refractivity contribution in [1.29, 1.82) is 5.26 Å². The number of nitrogens with zero attached hydrogens (tertiary/aromatic N) is 1. The summed E-state index contributed by atoms with van der Waals surface area (Å²) in [5.41, 5.74) is 0. The molecule has 24 heavy (non-hydrogen) atoms. The first kappa shape index (κ1) is 19.5. The van der Waals surface area contributed by atoms with E-state index in [-0.39, 0.29) is 0 Å². The van der Waals surface area contributed by atoms with Crippen LogP contribution in [0.25, 0.3) is 0 Å². The van der Waals surface area contributed by atoms with Crippen LogP contribution in [0.5, 0.6) is 0 Å². The molecule has 0 spiro atoms. The van der Waals surface area contributed by atoms with E-state index in [1.54, 1.807) is 12.1 Å². The molecule has 2 aliphatic rings. The third-order valence-electron chi connectivity index (χ3n) is 6.55. The summed E-state index contributed by atoms with van der Waals surface area (Å²) in [6, 6.07) is 1.61. The molecule has 2 saturated carbocycles. The molecule has 0 heterocycles. The second-order valence-corrected chi connectivity index (χ2v) is 8.37. The van der Waals surface area contributed by atoms with Crippen molar-refractivity contribution in [1.82, 2.24) is 0 Å². The Morgan fingerprint density at radius 2 is 1.38 bits per heavy atom. The SMILES string of the molecule is CCCCCC1CCC(CCC2CCC(/C=C(/F)C#N)CC2)CC1. The predicted octanol–water partition coefficient (Wildman–Crippen LogP) is 7.34. The first-order valence-electron chi connectivity index (χ1n) is 10.5. The van der Waals surface area contributed by atoms with E-state index >= 15 is 0 Å². The number of rotatable bonds is 8. The van der Waals surface area contributed by atoms with Crippen molar-refractivity contribution in [3.8, 4) is 6.07 Å². The molecule has 0 aromatic rings. The molecule has 136 valence electrons. The van der Waals surface area contributed by atoms with E-state index in [2.05, 4.69) is 6.92 Å². The van der Waals surface area contributed by atoms with Gasteiger partial charge in [-0.1, -0.05) is 71.1 Å². The number of unbranched alkanes of at least 4 members (excludes halogenated alkanes) is 2. The van der Waals surface area contributed by atoms with Crippen LogP contribution in [-0.4, -0.2) is 0 Å². The Hall–Kier alpha value is -0.840. The quantitative estimate of drug-likeness (QED) is 0.337. The summed E-state index contributed by atoms with van der Waals surface area (Å²) >= 11 is 0. The van der Waals surface area contributed by atoms with Gasteiger partial charge in [0.2, 0.25) is 0 Å². The van der Waals surface area contributed by atoms with Crippen LogP contribution in [0, 0.1) is 35.0 Å². The zero-order chi connectivity index (χ0) is 17.2. The number of halogens is 1. The summed E-state index contributed by atoms with van der Waals surface area (Å²) < 4.78 is 13.0. The summed E-state index contributed by atoms with van der Waals surface area (Å²) in [5, 5.41) is 8.53. The Morgan fingerprint density at radius 3 is 1.88 bits per heavy atom. The molecule has 0 radical (unpaired) electrons. The minimum Gasteiger partial charge on any atom is -0.195 e. The van der Waals surface area contributed by atoms with Gasteiger partial charge in [-0.25, -0.2) is 0 Å². The smallest absolute Gasteiger partial charge is 0.195 e. The molecule has 0 aromatic heterocycles. The molecule has 2 aliphatic carbocycles. The monoisotopic (exact) mass is 333 g/mol. The van der Waals surface area contributed by atoms with Crippen molar-refractivity contribution in [2.75, 3.05) is 0 Å². The summed E-state index contributed by atoms with van der Waals surface area (Å²) in [6.07, 6.45) is 20.5. The maximum atomic E-state index is 13.0.